The Balaban J connectivity index is 1.93. The summed E-state index contributed by atoms with van der Waals surface area (Å²) < 4.78 is 6.78. The summed E-state index contributed by atoms with van der Waals surface area (Å²) in [5.74, 6) is 0. The third kappa shape index (κ3) is 2.43. The number of hydrogen-bond donors (Lipinski definition) is 0. The molecule has 136 valence electrons. The lowest BCUT2D eigenvalue weighted by Crippen LogP contribution is -2.39. The molecule has 0 saturated carbocycles. The van der Waals surface area contributed by atoms with Gasteiger partial charge in [0.05, 0.1) is 16.3 Å². The predicted molar refractivity (Wildman–Crippen MR) is 113 cm³/mol. The van der Waals surface area contributed by atoms with Gasteiger partial charge in [0.1, 0.15) is 11.2 Å². The maximum Gasteiger partial charge on any atom is 0.223 e. The van der Waals surface area contributed by atoms with Crippen LogP contribution in [0.2, 0.25) is 0 Å². The van der Waals surface area contributed by atoms with Crippen LogP contribution in [-0.4, -0.2) is 4.68 Å². The van der Waals surface area contributed by atoms with E-state index in [1.54, 1.807) is 0 Å². The van der Waals surface area contributed by atoms with Gasteiger partial charge in [0.2, 0.25) is 11.9 Å². The van der Waals surface area contributed by atoms with Gasteiger partial charge in [-0.1, -0.05) is 36.4 Å². The predicted octanol–water partition coefficient (Wildman–Crippen LogP) is 4.50. The van der Waals surface area contributed by atoms with Crippen molar-refractivity contribution in [2.24, 2.45) is 7.05 Å². The Bertz CT molecular complexity index is 1350. The van der Waals surface area contributed by atoms with Crippen LogP contribution in [0.1, 0.15) is 11.3 Å². The largest absolute Gasteiger partial charge is 0.223 e. The van der Waals surface area contributed by atoms with Crippen molar-refractivity contribution in [1.29, 1.82) is 0 Å². The summed E-state index contributed by atoms with van der Waals surface area (Å²) >= 11 is 0. The molecule has 0 aliphatic rings. The van der Waals surface area contributed by atoms with Gasteiger partial charge < -0.3 is 0 Å². The van der Waals surface area contributed by atoms with Crippen molar-refractivity contribution in [1.82, 2.24) is 4.68 Å². The van der Waals surface area contributed by atoms with Crippen LogP contribution in [0.5, 0.6) is 0 Å². The zero-order chi connectivity index (χ0) is 19.3. The molecule has 0 spiro atoms. The molecule has 0 radical (unpaired) electrons. The van der Waals surface area contributed by atoms with Crippen LogP contribution in [0, 0.1) is 13.8 Å². The minimum absolute atomic E-state index is 1.20. The summed E-state index contributed by atoms with van der Waals surface area (Å²) in [5, 5.41) is 3.75. The maximum atomic E-state index is 2.30. The molecule has 0 N–H and O–H groups in total. The number of aryl methyl sites for hydroxylation is 2. The Kier molecular flexibility index (Phi) is 3.76. The second-order valence-corrected chi connectivity index (χ2v) is 7.38. The summed E-state index contributed by atoms with van der Waals surface area (Å²) in [7, 11) is 2.11. The van der Waals surface area contributed by atoms with Crippen LogP contribution in [-0.2, 0) is 7.05 Å². The van der Waals surface area contributed by atoms with Gasteiger partial charge >= 0.3 is 0 Å². The van der Waals surface area contributed by atoms with Gasteiger partial charge in [-0.15, -0.1) is 9.36 Å². The van der Waals surface area contributed by atoms with Crippen LogP contribution >= 0.6 is 0 Å². The highest BCUT2D eigenvalue weighted by Gasteiger charge is 2.24. The van der Waals surface area contributed by atoms with Crippen molar-refractivity contribution in [2.75, 3.05) is 0 Å². The fourth-order valence-corrected chi connectivity index (χ4v) is 4.25. The summed E-state index contributed by atoms with van der Waals surface area (Å²) in [5.41, 5.74) is 6.13. The van der Waals surface area contributed by atoms with E-state index in [1.807, 2.05) is 0 Å². The topological polar surface area (TPSA) is 12.7 Å². The number of para-hydroxylation sites is 1. The van der Waals surface area contributed by atoms with Crippen molar-refractivity contribution >= 4 is 21.7 Å². The standard InChI is InChI=1S/C25H23N3/c1-18-10-8-9-15-27(18)25-19(2)24(16-20-11-4-6-13-22(20)25)28-23-14-7-5-12-21(23)17-26(28)3/h4-17H,1-3H3/q+2. The molecule has 5 rings (SSSR count). The molecule has 3 nitrogen and oxygen atoms in total. The van der Waals surface area contributed by atoms with Crippen LogP contribution in [0.4, 0.5) is 0 Å². The first-order valence-electron chi connectivity index (χ1n) is 9.62. The third-order valence-corrected chi connectivity index (χ3v) is 5.59. The molecule has 2 heterocycles. The van der Waals surface area contributed by atoms with Gasteiger partial charge in [-0.2, -0.15) is 4.57 Å². The highest BCUT2D eigenvalue weighted by atomic mass is 15.4. The smallest absolute Gasteiger partial charge is 0.164 e. The fourth-order valence-electron chi connectivity index (χ4n) is 4.25. The Morgan fingerprint density at radius 1 is 0.786 bits per heavy atom. The van der Waals surface area contributed by atoms with Crippen LogP contribution < -0.4 is 9.25 Å². The minimum atomic E-state index is 1.20. The van der Waals surface area contributed by atoms with Crippen molar-refractivity contribution in [3.05, 3.63) is 96.4 Å². The fraction of sp³-hybridized carbons (Fsp3) is 0.120. The van der Waals surface area contributed by atoms with Gasteiger partial charge in [0, 0.05) is 19.1 Å². The molecular formula is C25H23N3+2. The normalized spacial score (nSPS) is 11.4. The van der Waals surface area contributed by atoms with Crippen molar-refractivity contribution in [3.8, 4) is 11.4 Å². The minimum Gasteiger partial charge on any atom is -0.164 e. The van der Waals surface area contributed by atoms with E-state index < -0.39 is 0 Å². The molecular weight excluding hydrogens is 342 g/mol. The number of rotatable bonds is 2. The summed E-state index contributed by atoms with van der Waals surface area (Å²) in [6.07, 6.45) is 4.34. The lowest BCUT2D eigenvalue weighted by atomic mass is 10.0. The molecule has 28 heavy (non-hydrogen) atoms. The Labute approximate surface area is 164 Å². The van der Waals surface area contributed by atoms with Gasteiger partial charge in [0.25, 0.3) is 0 Å². The number of aromatic nitrogens is 3. The quantitative estimate of drug-likeness (QED) is 0.409. The first-order valence-corrected chi connectivity index (χ1v) is 9.62. The molecule has 0 aliphatic carbocycles. The van der Waals surface area contributed by atoms with Gasteiger partial charge in [0.15, 0.2) is 18.9 Å². The lowest BCUT2D eigenvalue weighted by molar-refractivity contribution is -0.741. The van der Waals surface area contributed by atoms with E-state index in [4.69, 9.17) is 0 Å². The molecule has 0 fully saturated rings. The second kappa shape index (κ2) is 6.31. The monoisotopic (exact) mass is 365 g/mol. The number of pyridine rings is 1. The molecule has 0 amide bonds. The molecule has 0 unspecified atom stereocenters. The molecule has 0 atom stereocenters. The molecule has 2 aromatic heterocycles. The van der Waals surface area contributed by atoms with E-state index in [-0.39, 0.29) is 0 Å². The summed E-state index contributed by atoms with van der Waals surface area (Å²) in [4.78, 5) is 0. The number of hydrogen-bond acceptors (Lipinski definition) is 0. The molecule has 0 bridgehead atoms. The van der Waals surface area contributed by atoms with Gasteiger partial charge in [-0.25, -0.2) is 0 Å². The van der Waals surface area contributed by atoms with E-state index in [1.165, 1.54) is 44.3 Å². The average molecular weight is 365 g/mol. The summed E-state index contributed by atoms with van der Waals surface area (Å²) in [6.45, 7) is 4.39. The highest BCUT2D eigenvalue weighted by Crippen LogP contribution is 2.29. The Hall–Kier alpha value is -3.46. The number of nitrogens with zero attached hydrogens (tertiary/aromatic N) is 3. The van der Waals surface area contributed by atoms with Gasteiger partial charge in [-0.05, 0) is 36.6 Å². The Morgan fingerprint density at radius 2 is 1.50 bits per heavy atom. The van der Waals surface area contributed by atoms with E-state index in [0.717, 1.165) is 0 Å². The van der Waals surface area contributed by atoms with Gasteiger partial charge in [-0.3, -0.25) is 0 Å². The van der Waals surface area contributed by atoms with E-state index in [9.17, 15) is 0 Å². The van der Waals surface area contributed by atoms with Crippen molar-refractivity contribution in [2.45, 2.75) is 13.8 Å². The number of benzene rings is 3. The maximum absolute atomic E-state index is 2.30. The average Bonchev–Trinajstić information content (AvgIpc) is 3.04. The van der Waals surface area contributed by atoms with Crippen LogP contribution in [0.25, 0.3) is 33.1 Å². The second-order valence-electron chi connectivity index (χ2n) is 7.38. The highest BCUT2D eigenvalue weighted by molar-refractivity contribution is 5.93. The Morgan fingerprint density at radius 3 is 2.32 bits per heavy atom. The summed E-state index contributed by atoms with van der Waals surface area (Å²) in [6, 6.07) is 25.8. The van der Waals surface area contributed by atoms with E-state index in [2.05, 4.69) is 120 Å². The zero-order valence-electron chi connectivity index (χ0n) is 16.4. The lowest BCUT2D eigenvalue weighted by Gasteiger charge is -2.12. The van der Waals surface area contributed by atoms with Crippen LogP contribution in [0.3, 0.4) is 0 Å². The van der Waals surface area contributed by atoms with Crippen molar-refractivity contribution in [3.63, 3.8) is 0 Å². The first kappa shape index (κ1) is 16.7. The molecule has 5 aromatic rings. The number of fused-ring (bicyclic) bond motifs is 2. The van der Waals surface area contributed by atoms with Crippen molar-refractivity contribution < 1.29 is 9.25 Å². The molecule has 3 aromatic carbocycles. The SMILES string of the molecule is Cc1c(-n2c3ccccc3c[n+]2C)cc2ccccc2c1-[n+]1ccccc1C. The van der Waals surface area contributed by atoms with E-state index >= 15 is 0 Å². The van der Waals surface area contributed by atoms with Crippen LogP contribution in [0.15, 0.2) is 85.2 Å². The molecule has 0 saturated heterocycles. The molecule has 3 heteroatoms. The first-order chi connectivity index (χ1) is 13.6. The zero-order valence-corrected chi connectivity index (χ0v) is 16.4. The van der Waals surface area contributed by atoms with E-state index in [0.29, 0.717) is 0 Å². The molecule has 0 aliphatic heterocycles. The third-order valence-electron chi connectivity index (χ3n) is 5.59.